The zero-order valence-electron chi connectivity index (χ0n) is 9.17. The minimum atomic E-state index is -0.687. The molecule has 0 aromatic heterocycles. The SMILES string of the molecule is CN1C[C@H](C(=O)O)[C@@H](c2ccccc2)C1.Cl. The lowest BCUT2D eigenvalue weighted by Crippen LogP contribution is -2.21. The summed E-state index contributed by atoms with van der Waals surface area (Å²) in [6.07, 6.45) is 0. The van der Waals surface area contributed by atoms with Crippen molar-refractivity contribution in [1.29, 1.82) is 0 Å². The van der Waals surface area contributed by atoms with E-state index in [0.717, 1.165) is 12.1 Å². The first-order valence-corrected chi connectivity index (χ1v) is 5.15. The molecule has 2 atom stereocenters. The van der Waals surface area contributed by atoms with Crippen LogP contribution >= 0.6 is 12.4 Å². The number of hydrogen-bond donors (Lipinski definition) is 1. The van der Waals surface area contributed by atoms with Crippen LogP contribution in [0.5, 0.6) is 0 Å². The molecule has 1 aromatic rings. The van der Waals surface area contributed by atoms with Gasteiger partial charge in [0.1, 0.15) is 0 Å². The third-order valence-electron chi connectivity index (χ3n) is 3.05. The molecule has 0 aliphatic carbocycles. The highest BCUT2D eigenvalue weighted by molar-refractivity contribution is 5.85. The Morgan fingerprint density at radius 1 is 1.31 bits per heavy atom. The van der Waals surface area contributed by atoms with Gasteiger partial charge < -0.3 is 10.0 Å². The number of halogens is 1. The van der Waals surface area contributed by atoms with Crippen molar-refractivity contribution in [3.8, 4) is 0 Å². The summed E-state index contributed by atoms with van der Waals surface area (Å²) in [5.74, 6) is -0.820. The minimum Gasteiger partial charge on any atom is -0.481 e. The molecular formula is C12H16ClNO2. The van der Waals surface area contributed by atoms with Crippen LogP contribution in [0.4, 0.5) is 0 Å². The molecule has 1 heterocycles. The van der Waals surface area contributed by atoms with Crippen LogP contribution in [0.1, 0.15) is 11.5 Å². The second-order valence-electron chi connectivity index (χ2n) is 4.18. The maximum atomic E-state index is 11.1. The lowest BCUT2D eigenvalue weighted by atomic mass is 9.89. The molecule has 1 N–H and O–H groups in total. The summed E-state index contributed by atoms with van der Waals surface area (Å²) in [5.41, 5.74) is 1.13. The molecule has 1 aliphatic heterocycles. The van der Waals surface area contributed by atoms with Crippen molar-refractivity contribution in [1.82, 2.24) is 4.90 Å². The molecule has 1 saturated heterocycles. The summed E-state index contributed by atoms with van der Waals surface area (Å²) in [6, 6.07) is 9.91. The van der Waals surface area contributed by atoms with Crippen LogP contribution in [0.15, 0.2) is 30.3 Å². The van der Waals surface area contributed by atoms with Gasteiger partial charge in [-0.05, 0) is 12.6 Å². The highest BCUT2D eigenvalue weighted by atomic mass is 35.5. The molecule has 1 aromatic carbocycles. The first kappa shape index (κ1) is 13.0. The highest BCUT2D eigenvalue weighted by Crippen LogP contribution is 2.31. The number of rotatable bonds is 2. The number of likely N-dealkylation sites (N-methyl/N-ethyl adjacent to an activating group) is 1. The molecule has 16 heavy (non-hydrogen) atoms. The predicted molar refractivity (Wildman–Crippen MR) is 65.1 cm³/mol. The Hall–Kier alpha value is -1.06. The van der Waals surface area contributed by atoms with Crippen LogP contribution in [0.25, 0.3) is 0 Å². The van der Waals surface area contributed by atoms with Gasteiger partial charge in [0, 0.05) is 19.0 Å². The van der Waals surface area contributed by atoms with Gasteiger partial charge >= 0.3 is 5.97 Å². The standard InChI is InChI=1S/C12H15NO2.ClH/c1-13-7-10(11(8-13)12(14)15)9-5-3-2-4-6-9;/h2-6,10-11H,7-8H2,1H3,(H,14,15);1H/t10-,11+;/m1./s1. The van der Waals surface area contributed by atoms with Gasteiger partial charge in [0.15, 0.2) is 0 Å². The molecule has 0 saturated carbocycles. The van der Waals surface area contributed by atoms with E-state index in [1.165, 1.54) is 0 Å². The topological polar surface area (TPSA) is 40.5 Å². The van der Waals surface area contributed by atoms with E-state index < -0.39 is 5.97 Å². The molecule has 0 unspecified atom stereocenters. The number of hydrogen-bond acceptors (Lipinski definition) is 2. The normalized spacial score (nSPS) is 25.1. The van der Waals surface area contributed by atoms with Crippen LogP contribution in [-0.4, -0.2) is 36.1 Å². The molecule has 0 spiro atoms. The van der Waals surface area contributed by atoms with Crippen molar-refractivity contribution in [2.24, 2.45) is 5.92 Å². The minimum absolute atomic E-state index is 0. The van der Waals surface area contributed by atoms with E-state index in [-0.39, 0.29) is 24.2 Å². The van der Waals surface area contributed by atoms with E-state index in [9.17, 15) is 4.79 Å². The van der Waals surface area contributed by atoms with Crippen LogP contribution in [0.2, 0.25) is 0 Å². The first-order valence-electron chi connectivity index (χ1n) is 5.15. The van der Waals surface area contributed by atoms with Gasteiger partial charge in [0.05, 0.1) is 5.92 Å². The monoisotopic (exact) mass is 241 g/mol. The first-order chi connectivity index (χ1) is 7.18. The van der Waals surface area contributed by atoms with Crippen LogP contribution in [0, 0.1) is 5.92 Å². The third-order valence-corrected chi connectivity index (χ3v) is 3.05. The molecule has 0 bridgehead atoms. The Morgan fingerprint density at radius 2 is 1.94 bits per heavy atom. The van der Waals surface area contributed by atoms with Crippen LogP contribution in [0.3, 0.4) is 0 Å². The molecule has 0 radical (unpaired) electrons. The van der Waals surface area contributed by atoms with E-state index in [1.807, 2.05) is 37.4 Å². The smallest absolute Gasteiger partial charge is 0.308 e. The molecule has 1 fully saturated rings. The molecule has 4 heteroatoms. The fourth-order valence-electron chi connectivity index (χ4n) is 2.29. The highest BCUT2D eigenvalue weighted by Gasteiger charge is 2.36. The van der Waals surface area contributed by atoms with Crippen molar-refractivity contribution in [2.45, 2.75) is 5.92 Å². The van der Waals surface area contributed by atoms with Gasteiger partial charge in [0.25, 0.3) is 0 Å². The van der Waals surface area contributed by atoms with Crippen molar-refractivity contribution < 1.29 is 9.90 Å². The fourth-order valence-corrected chi connectivity index (χ4v) is 2.29. The van der Waals surface area contributed by atoms with Crippen molar-refractivity contribution in [3.63, 3.8) is 0 Å². The average Bonchev–Trinajstić information content (AvgIpc) is 2.62. The van der Waals surface area contributed by atoms with Gasteiger partial charge in [0.2, 0.25) is 0 Å². The number of carbonyl (C=O) groups is 1. The molecular weight excluding hydrogens is 226 g/mol. The summed E-state index contributed by atoms with van der Waals surface area (Å²) in [6.45, 7) is 1.48. The van der Waals surface area contributed by atoms with Gasteiger partial charge in [-0.1, -0.05) is 30.3 Å². The van der Waals surface area contributed by atoms with E-state index in [2.05, 4.69) is 4.90 Å². The summed E-state index contributed by atoms with van der Waals surface area (Å²) >= 11 is 0. The fraction of sp³-hybridized carbons (Fsp3) is 0.417. The summed E-state index contributed by atoms with van der Waals surface area (Å²) in [4.78, 5) is 13.2. The molecule has 2 rings (SSSR count). The van der Waals surface area contributed by atoms with Gasteiger partial charge in [-0.2, -0.15) is 0 Å². The Morgan fingerprint density at radius 3 is 2.50 bits per heavy atom. The molecule has 1 aliphatic rings. The Labute approximate surface area is 101 Å². The van der Waals surface area contributed by atoms with Crippen molar-refractivity contribution >= 4 is 18.4 Å². The van der Waals surface area contributed by atoms with Crippen LogP contribution < -0.4 is 0 Å². The number of carboxylic acids is 1. The number of likely N-dealkylation sites (tertiary alicyclic amines) is 1. The Kier molecular flexibility index (Phi) is 4.33. The second kappa shape index (κ2) is 5.32. The predicted octanol–water partition coefficient (Wildman–Crippen LogP) is 1.84. The number of carboxylic acid groups (broad SMARTS) is 1. The molecule has 0 amide bonds. The van der Waals surface area contributed by atoms with Gasteiger partial charge in [-0.15, -0.1) is 12.4 Å². The quantitative estimate of drug-likeness (QED) is 0.859. The second-order valence-corrected chi connectivity index (χ2v) is 4.18. The van der Waals surface area contributed by atoms with Crippen molar-refractivity contribution in [3.05, 3.63) is 35.9 Å². The van der Waals surface area contributed by atoms with Crippen LogP contribution in [-0.2, 0) is 4.79 Å². The van der Waals surface area contributed by atoms with E-state index >= 15 is 0 Å². The maximum absolute atomic E-state index is 11.1. The Balaban J connectivity index is 0.00000128. The third kappa shape index (κ3) is 2.54. The molecule has 3 nitrogen and oxygen atoms in total. The summed E-state index contributed by atoms with van der Waals surface area (Å²) in [5, 5.41) is 9.14. The summed E-state index contributed by atoms with van der Waals surface area (Å²) < 4.78 is 0. The Bertz CT molecular complexity index is 355. The number of benzene rings is 1. The van der Waals surface area contributed by atoms with E-state index in [1.54, 1.807) is 0 Å². The van der Waals surface area contributed by atoms with Gasteiger partial charge in [-0.3, -0.25) is 4.79 Å². The van der Waals surface area contributed by atoms with Gasteiger partial charge in [-0.25, -0.2) is 0 Å². The number of aliphatic carboxylic acids is 1. The summed E-state index contributed by atoms with van der Waals surface area (Å²) in [7, 11) is 1.97. The lowest BCUT2D eigenvalue weighted by molar-refractivity contribution is -0.141. The largest absolute Gasteiger partial charge is 0.481 e. The van der Waals surface area contributed by atoms with E-state index in [4.69, 9.17) is 5.11 Å². The molecule has 88 valence electrons. The number of nitrogens with zero attached hydrogens (tertiary/aromatic N) is 1. The maximum Gasteiger partial charge on any atom is 0.308 e. The average molecular weight is 242 g/mol. The van der Waals surface area contributed by atoms with Crippen molar-refractivity contribution in [2.75, 3.05) is 20.1 Å². The zero-order valence-corrected chi connectivity index (χ0v) is 9.98. The van der Waals surface area contributed by atoms with E-state index in [0.29, 0.717) is 6.54 Å². The lowest BCUT2D eigenvalue weighted by Gasteiger charge is -2.14. The zero-order chi connectivity index (χ0) is 10.8.